The van der Waals surface area contributed by atoms with E-state index in [-0.39, 0.29) is 17.9 Å². The number of oxazole rings is 1. The second-order valence-electron chi connectivity index (χ2n) is 4.59. The highest BCUT2D eigenvalue weighted by atomic mass is 16.4. The summed E-state index contributed by atoms with van der Waals surface area (Å²) >= 11 is 0. The maximum Gasteiger partial charge on any atom is 0.335 e. The van der Waals surface area contributed by atoms with E-state index in [0.717, 1.165) is 0 Å². The van der Waals surface area contributed by atoms with Crippen molar-refractivity contribution < 1.29 is 19.1 Å². The molecule has 2 N–H and O–H groups in total. The van der Waals surface area contributed by atoms with Crippen LogP contribution < -0.4 is 5.32 Å². The molecule has 6 nitrogen and oxygen atoms in total. The number of benzene rings is 1. The van der Waals surface area contributed by atoms with Crippen molar-refractivity contribution in [1.29, 1.82) is 0 Å². The molecular formula is C15H16N2O4. The summed E-state index contributed by atoms with van der Waals surface area (Å²) in [5, 5.41) is 11.8. The van der Waals surface area contributed by atoms with Gasteiger partial charge in [0.1, 0.15) is 11.5 Å². The van der Waals surface area contributed by atoms with E-state index in [1.165, 1.54) is 12.5 Å². The van der Waals surface area contributed by atoms with Crippen LogP contribution in [0.15, 0.2) is 35.1 Å². The first-order chi connectivity index (χ1) is 10.1. The molecule has 0 saturated carbocycles. The lowest BCUT2D eigenvalue weighted by molar-refractivity contribution is -0.121. The zero-order valence-corrected chi connectivity index (χ0v) is 11.6. The van der Waals surface area contributed by atoms with Crippen molar-refractivity contribution in [3.63, 3.8) is 0 Å². The van der Waals surface area contributed by atoms with E-state index in [2.05, 4.69) is 10.3 Å². The summed E-state index contributed by atoms with van der Waals surface area (Å²) in [5.41, 5.74) is 1.57. The van der Waals surface area contributed by atoms with Gasteiger partial charge in [0.25, 0.3) is 0 Å². The Bertz CT molecular complexity index is 649. The van der Waals surface area contributed by atoms with Crippen molar-refractivity contribution in [2.45, 2.75) is 26.3 Å². The zero-order valence-electron chi connectivity index (χ0n) is 11.6. The van der Waals surface area contributed by atoms with Gasteiger partial charge in [0, 0.05) is 6.42 Å². The number of carbonyl (C=O) groups excluding carboxylic acids is 1. The van der Waals surface area contributed by atoms with Crippen molar-refractivity contribution in [3.05, 3.63) is 53.2 Å². The molecule has 1 aromatic carbocycles. The van der Waals surface area contributed by atoms with Crippen LogP contribution in [0.5, 0.6) is 0 Å². The van der Waals surface area contributed by atoms with Crippen LogP contribution in [-0.2, 0) is 17.8 Å². The highest BCUT2D eigenvalue weighted by molar-refractivity contribution is 5.89. The molecule has 1 heterocycles. The van der Waals surface area contributed by atoms with Crippen LogP contribution in [0.25, 0.3) is 0 Å². The van der Waals surface area contributed by atoms with Crippen LogP contribution in [0.2, 0.25) is 0 Å². The molecule has 0 unspecified atom stereocenters. The SMILES string of the molecule is Cc1ocnc1CNC(=O)CCc1ccccc1C(=O)O. The fourth-order valence-electron chi connectivity index (χ4n) is 1.96. The minimum atomic E-state index is -0.982. The third kappa shape index (κ3) is 3.92. The van der Waals surface area contributed by atoms with E-state index in [1.54, 1.807) is 25.1 Å². The van der Waals surface area contributed by atoms with Crippen molar-refractivity contribution in [3.8, 4) is 0 Å². The first-order valence-electron chi connectivity index (χ1n) is 6.55. The zero-order chi connectivity index (χ0) is 15.2. The van der Waals surface area contributed by atoms with Crippen LogP contribution in [0.3, 0.4) is 0 Å². The average Bonchev–Trinajstić information content (AvgIpc) is 2.88. The van der Waals surface area contributed by atoms with Crippen LogP contribution in [0.4, 0.5) is 0 Å². The summed E-state index contributed by atoms with van der Waals surface area (Å²) in [4.78, 5) is 26.8. The minimum Gasteiger partial charge on any atom is -0.478 e. The van der Waals surface area contributed by atoms with Gasteiger partial charge in [0.05, 0.1) is 12.1 Å². The molecular weight excluding hydrogens is 272 g/mol. The van der Waals surface area contributed by atoms with Crippen LogP contribution >= 0.6 is 0 Å². The topological polar surface area (TPSA) is 92.4 Å². The Morgan fingerprint density at radius 2 is 2.10 bits per heavy atom. The van der Waals surface area contributed by atoms with Gasteiger partial charge in [-0.3, -0.25) is 4.79 Å². The predicted molar refractivity (Wildman–Crippen MR) is 74.8 cm³/mol. The molecule has 0 radical (unpaired) electrons. The summed E-state index contributed by atoms with van der Waals surface area (Å²) in [6.45, 7) is 2.08. The van der Waals surface area contributed by atoms with Gasteiger partial charge >= 0.3 is 5.97 Å². The Morgan fingerprint density at radius 1 is 1.33 bits per heavy atom. The lowest BCUT2D eigenvalue weighted by atomic mass is 10.0. The van der Waals surface area contributed by atoms with Gasteiger partial charge in [0.2, 0.25) is 5.91 Å². The first-order valence-corrected chi connectivity index (χ1v) is 6.55. The van der Waals surface area contributed by atoms with Crippen LogP contribution in [0, 0.1) is 6.92 Å². The maximum absolute atomic E-state index is 11.8. The lowest BCUT2D eigenvalue weighted by Crippen LogP contribution is -2.23. The number of aromatic nitrogens is 1. The number of carboxylic acids is 1. The number of nitrogens with zero attached hydrogens (tertiary/aromatic N) is 1. The molecule has 1 aromatic heterocycles. The Kier molecular flexibility index (Phi) is 4.71. The summed E-state index contributed by atoms with van der Waals surface area (Å²) in [5.74, 6) is -0.464. The Morgan fingerprint density at radius 3 is 2.76 bits per heavy atom. The summed E-state index contributed by atoms with van der Waals surface area (Å²) < 4.78 is 5.04. The standard InChI is InChI=1S/C15H16N2O4/c1-10-13(17-9-21-10)8-16-14(18)7-6-11-4-2-3-5-12(11)15(19)20/h2-5,9H,6-8H2,1H3,(H,16,18)(H,19,20). The average molecular weight is 288 g/mol. The molecule has 0 bridgehead atoms. The van der Waals surface area contributed by atoms with Gasteiger partial charge in [0.15, 0.2) is 6.39 Å². The number of amides is 1. The second kappa shape index (κ2) is 6.69. The van der Waals surface area contributed by atoms with Gasteiger partial charge < -0.3 is 14.8 Å². The second-order valence-corrected chi connectivity index (χ2v) is 4.59. The number of carboxylic acid groups (broad SMARTS) is 1. The van der Waals surface area contributed by atoms with E-state index < -0.39 is 5.97 Å². The fourth-order valence-corrected chi connectivity index (χ4v) is 1.96. The van der Waals surface area contributed by atoms with E-state index in [0.29, 0.717) is 30.0 Å². The van der Waals surface area contributed by atoms with E-state index in [4.69, 9.17) is 9.52 Å². The monoisotopic (exact) mass is 288 g/mol. The van der Waals surface area contributed by atoms with Crippen LogP contribution in [0.1, 0.15) is 33.8 Å². The number of hydrogen-bond donors (Lipinski definition) is 2. The molecule has 2 aromatic rings. The number of rotatable bonds is 6. The van der Waals surface area contributed by atoms with Crippen LogP contribution in [-0.4, -0.2) is 22.0 Å². The molecule has 0 aliphatic heterocycles. The summed E-state index contributed by atoms with van der Waals surface area (Å²) in [6, 6.07) is 6.69. The molecule has 110 valence electrons. The lowest BCUT2D eigenvalue weighted by Gasteiger charge is -2.06. The number of hydrogen-bond acceptors (Lipinski definition) is 4. The predicted octanol–water partition coefficient (Wildman–Crippen LogP) is 1.93. The third-order valence-electron chi connectivity index (χ3n) is 3.17. The van der Waals surface area contributed by atoms with Gasteiger partial charge in [-0.15, -0.1) is 0 Å². The van der Waals surface area contributed by atoms with Crippen molar-refractivity contribution in [2.75, 3.05) is 0 Å². The number of aromatic carboxylic acids is 1. The first kappa shape index (κ1) is 14.8. The quantitative estimate of drug-likeness (QED) is 0.847. The maximum atomic E-state index is 11.8. The highest BCUT2D eigenvalue weighted by Gasteiger charge is 2.11. The summed E-state index contributed by atoms with van der Waals surface area (Å²) in [7, 11) is 0. The number of nitrogens with one attached hydrogen (secondary N) is 1. The number of aryl methyl sites for hydroxylation is 2. The molecule has 0 spiro atoms. The van der Waals surface area contributed by atoms with E-state index in [1.807, 2.05) is 0 Å². The Hall–Kier alpha value is -2.63. The smallest absolute Gasteiger partial charge is 0.335 e. The highest BCUT2D eigenvalue weighted by Crippen LogP contribution is 2.11. The molecule has 1 amide bonds. The molecule has 2 rings (SSSR count). The normalized spacial score (nSPS) is 10.3. The summed E-state index contributed by atoms with van der Waals surface area (Å²) in [6.07, 6.45) is 1.94. The molecule has 6 heteroatoms. The molecule has 0 atom stereocenters. The molecule has 0 aliphatic rings. The van der Waals surface area contributed by atoms with Gasteiger partial charge in [-0.1, -0.05) is 18.2 Å². The van der Waals surface area contributed by atoms with Gasteiger partial charge in [-0.05, 0) is 25.0 Å². The van der Waals surface area contributed by atoms with E-state index >= 15 is 0 Å². The Balaban J connectivity index is 1.87. The fraction of sp³-hybridized carbons (Fsp3) is 0.267. The molecule has 0 saturated heterocycles. The molecule has 21 heavy (non-hydrogen) atoms. The van der Waals surface area contributed by atoms with Crippen molar-refractivity contribution in [2.24, 2.45) is 0 Å². The van der Waals surface area contributed by atoms with Crippen molar-refractivity contribution >= 4 is 11.9 Å². The Labute approximate surface area is 121 Å². The largest absolute Gasteiger partial charge is 0.478 e. The molecule has 0 aliphatic carbocycles. The van der Waals surface area contributed by atoms with Crippen molar-refractivity contribution in [1.82, 2.24) is 10.3 Å². The van der Waals surface area contributed by atoms with Gasteiger partial charge in [-0.2, -0.15) is 0 Å². The van der Waals surface area contributed by atoms with E-state index in [9.17, 15) is 9.59 Å². The molecule has 0 fully saturated rings. The number of carbonyl (C=O) groups is 2. The van der Waals surface area contributed by atoms with Gasteiger partial charge in [-0.25, -0.2) is 9.78 Å². The minimum absolute atomic E-state index is 0.155. The third-order valence-corrected chi connectivity index (χ3v) is 3.17.